The van der Waals surface area contributed by atoms with Crippen LogP contribution in [0, 0.1) is 5.92 Å². The molecule has 0 saturated carbocycles. The van der Waals surface area contributed by atoms with Crippen molar-refractivity contribution in [2.75, 3.05) is 0 Å². The summed E-state index contributed by atoms with van der Waals surface area (Å²) in [4.78, 5) is 32.0. The van der Waals surface area contributed by atoms with E-state index >= 15 is 0 Å². The van der Waals surface area contributed by atoms with Crippen molar-refractivity contribution in [2.24, 2.45) is 5.92 Å². The van der Waals surface area contributed by atoms with Crippen LogP contribution in [-0.4, -0.2) is 23.2 Å². The molecule has 0 spiro atoms. The molecule has 1 aliphatic heterocycles. The number of carbonyl (C=O) groups excluding carboxylic acids is 3. The molecule has 0 aromatic heterocycles. The summed E-state index contributed by atoms with van der Waals surface area (Å²) in [6.45, 7) is 0. The molecule has 0 bridgehead atoms. The molecule has 0 atom stereocenters. The molecule has 6 heteroatoms. The molecular weight excluding hydrogens is 168 g/mol. The number of thiol groups is 1. The molecule has 0 radical (unpaired) electrons. The first-order valence-corrected chi connectivity index (χ1v) is 3.30. The van der Waals surface area contributed by atoms with Gasteiger partial charge in [-0.2, -0.15) is 0 Å². The summed E-state index contributed by atoms with van der Waals surface area (Å²) in [5, 5.41) is 4.96. The maximum absolute atomic E-state index is 10.8. The zero-order chi connectivity index (χ0) is 8.43. The third-order valence-corrected chi connectivity index (χ3v) is 1.49. The standard InChI is InChI=1S/C5H4N2O3S/c8-3-2(1-11)4(9)7-5(10)6-3/h1-2H,(H2,6,7,8,9,10)/p+1. The maximum Gasteiger partial charge on any atom is 0.328 e. The largest absolute Gasteiger partial charge is 0.328 e. The van der Waals surface area contributed by atoms with Gasteiger partial charge in [-0.3, -0.25) is 20.2 Å². The van der Waals surface area contributed by atoms with Crippen LogP contribution < -0.4 is 10.6 Å². The van der Waals surface area contributed by atoms with Gasteiger partial charge in [0.1, 0.15) is 0 Å². The van der Waals surface area contributed by atoms with Gasteiger partial charge in [-0.1, -0.05) is 0 Å². The van der Waals surface area contributed by atoms with Gasteiger partial charge in [0.05, 0.1) is 0 Å². The van der Waals surface area contributed by atoms with Gasteiger partial charge in [-0.05, 0) is 0 Å². The van der Waals surface area contributed by atoms with E-state index in [0.29, 0.717) is 0 Å². The van der Waals surface area contributed by atoms with E-state index in [1.807, 2.05) is 10.6 Å². The Bertz CT molecular complexity index is 230. The van der Waals surface area contributed by atoms with Crippen LogP contribution in [0.4, 0.5) is 4.79 Å². The first kappa shape index (κ1) is 7.80. The number of nitrogens with one attached hydrogen (secondary N) is 2. The molecule has 5 nitrogen and oxygen atoms in total. The van der Waals surface area contributed by atoms with E-state index in [2.05, 4.69) is 12.2 Å². The van der Waals surface area contributed by atoms with E-state index < -0.39 is 23.8 Å². The summed E-state index contributed by atoms with van der Waals surface area (Å²) in [6.07, 6.45) is 0. The maximum atomic E-state index is 10.8. The van der Waals surface area contributed by atoms with Crippen LogP contribution in [0.15, 0.2) is 0 Å². The third kappa shape index (κ3) is 1.40. The number of carbonyl (C=O) groups is 3. The number of rotatable bonds is 1. The van der Waals surface area contributed by atoms with Crippen molar-refractivity contribution in [3.63, 3.8) is 0 Å². The monoisotopic (exact) mass is 173 g/mol. The fraction of sp³-hybridized carbons (Fsp3) is 0.200. The highest BCUT2D eigenvalue weighted by atomic mass is 32.1. The lowest BCUT2D eigenvalue weighted by molar-refractivity contribution is -0.132. The fourth-order valence-electron chi connectivity index (χ4n) is 0.665. The van der Waals surface area contributed by atoms with E-state index in [4.69, 9.17) is 0 Å². The minimum atomic E-state index is -0.976. The minimum Gasteiger partial charge on any atom is -0.277 e. The van der Waals surface area contributed by atoms with E-state index in [9.17, 15) is 14.4 Å². The molecule has 1 heterocycles. The SMILES string of the molecule is O=C1NC(=O)C(C=[SH+])C(=O)N1. The Morgan fingerprint density at radius 2 is 1.64 bits per heavy atom. The molecule has 1 rings (SSSR count). The number of hydrogen-bond donors (Lipinski definition) is 2. The molecule has 2 N–H and O–H groups in total. The minimum absolute atomic E-state index is 0.645. The average molecular weight is 173 g/mol. The first-order valence-electron chi connectivity index (χ1n) is 2.78. The van der Waals surface area contributed by atoms with Gasteiger partial charge in [-0.15, -0.1) is 0 Å². The molecule has 0 aliphatic carbocycles. The molecule has 1 aliphatic rings. The van der Waals surface area contributed by atoms with Crippen molar-refractivity contribution < 1.29 is 14.4 Å². The highest BCUT2D eigenvalue weighted by Gasteiger charge is 2.34. The Balaban J connectivity index is 2.82. The Kier molecular flexibility index (Phi) is 1.95. The zero-order valence-corrected chi connectivity index (χ0v) is 6.22. The average Bonchev–Trinajstić information content (AvgIpc) is 1.85. The van der Waals surface area contributed by atoms with Crippen molar-refractivity contribution in [1.82, 2.24) is 10.6 Å². The molecule has 11 heavy (non-hydrogen) atoms. The van der Waals surface area contributed by atoms with Crippen LogP contribution in [0.3, 0.4) is 0 Å². The van der Waals surface area contributed by atoms with E-state index in [-0.39, 0.29) is 0 Å². The highest BCUT2D eigenvalue weighted by molar-refractivity contribution is 7.58. The lowest BCUT2D eigenvalue weighted by atomic mass is 10.1. The van der Waals surface area contributed by atoms with Gasteiger partial charge < -0.3 is 0 Å². The molecule has 1 fully saturated rings. The quantitative estimate of drug-likeness (QED) is 0.209. The molecule has 0 aromatic rings. The van der Waals surface area contributed by atoms with Gasteiger partial charge in [-0.25, -0.2) is 4.79 Å². The lowest BCUT2D eigenvalue weighted by Gasteiger charge is -2.14. The molecule has 0 aromatic carbocycles. The Morgan fingerprint density at radius 3 is 2.00 bits per heavy atom. The number of amides is 4. The number of imide groups is 2. The molecular formula is C5H5N2O3S+. The van der Waals surface area contributed by atoms with Gasteiger partial charge >= 0.3 is 6.03 Å². The predicted octanol–water partition coefficient (Wildman–Crippen LogP) is -1.95. The van der Waals surface area contributed by atoms with Gasteiger partial charge in [0.25, 0.3) is 0 Å². The van der Waals surface area contributed by atoms with Crippen LogP contribution in [0.5, 0.6) is 0 Å². The van der Waals surface area contributed by atoms with E-state index in [1.165, 1.54) is 0 Å². The third-order valence-electron chi connectivity index (χ3n) is 1.19. The van der Waals surface area contributed by atoms with Crippen molar-refractivity contribution in [3.8, 4) is 0 Å². The van der Waals surface area contributed by atoms with Crippen LogP contribution in [0.25, 0.3) is 0 Å². The Labute approximate surface area is 67.1 Å². The second-order valence-electron chi connectivity index (χ2n) is 1.93. The van der Waals surface area contributed by atoms with Gasteiger partial charge in [0.15, 0.2) is 23.5 Å². The lowest BCUT2D eigenvalue weighted by Crippen LogP contribution is -2.56. The van der Waals surface area contributed by atoms with Crippen molar-refractivity contribution in [2.45, 2.75) is 0 Å². The fourth-order valence-corrected chi connectivity index (χ4v) is 0.936. The molecule has 0 unspecified atom stereocenters. The second-order valence-corrected chi connectivity index (χ2v) is 2.23. The van der Waals surface area contributed by atoms with Gasteiger partial charge in [0, 0.05) is 0 Å². The van der Waals surface area contributed by atoms with E-state index in [1.54, 1.807) is 0 Å². The first-order chi connectivity index (χ1) is 5.15. The summed E-state index contributed by atoms with van der Waals surface area (Å²) in [5.41, 5.74) is 0. The summed E-state index contributed by atoms with van der Waals surface area (Å²) in [6, 6.07) is -0.786. The summed E-state index contributed by atoms with van der Waals surface area (Å²) < 4.78 is 0. The van der Waals surface area contributed by atoms with Crippen molar-refractivity contribution >= 4 is 35.4 Å². The Morgan fingerprint density at radius 1 is 1.18 bits per heavy atom. The topological polar surface area (TPSA) is 75.3 Å². The summed E-state index contributed by atoms with van der Waals surface area (Å²) >= 11 is 3.65. The Hall–Kier alpha value is -1.30. The van der Waals surface area contributed by atoms with Crippen LogP contribution in [0.1, 0.15) is 0 Å². The number of urea groups is 1. The van der Waals surface area contributed by atoms with E-state index in [0.717, 1.165) is 5.37 Å². The zero-order valence-electron chi connectivity index (χ0n) is 5.33. The van der Waals surface area contributed by atoms with Crippen LogP contribution in [0.2, 0.25) is 0 Å². The molecule has 58 valence electrons. The van der Waals surface area contributed by atoms with Gasteiger partial charge in [0.2, 0.25) is 11.8 Å². The normalized spacial score (nSPS) is 19.1. The second kappa shape index (κ2) is 2.75. The number of barbiturate groups is 1. The van der Waals surface area contributed by atoms with Crippen LogP contribution >= 0.6 is 0 Å². The molecule has 4 amide bonds. The highest BCUT2D eigenvalue weighted by Crippen LogP contribution is 1.96. The summed E-state index contributed by atoms with van der Waals surface area (Å²) in [5.74, 6) is -2.27. The smallest absolute Gasteiger partial charge is 0.277 e. The van der Waals surface area contributed by atoms with Crippen LogP contribution in [-0.2, 0) is 21.8 Å². The van der Waals surface area contributed by atoms with Crippen molar-refractivity contribution in [1.29, 1.82) is 0 Å². The predicted molar refractivity (Wildman–Crippen MR) is 40.0 cm³/mol. The molecule has 1 saturated heterocycles. The van der Waals surface area contributed by atoms with Crippen molar-refractivity contribution in [3.05, 3.63) is 0 Å². The number of hydrogen-bond acceptors (Lipinski definition) is 3. The summed E-state index contributed by atoms with van der Waals surface area (Å²) in [7, 11) is 0.